The molecule has 1 aromatic carbocycles. The Morgan fingerprint density at radius 2 is 2.19 bits per heavy atom. The number of thioether (sulfide) groups is 2. The average Bonchev–Trinajstić information content (AvgIpc) is 3.22. The molecule has 2 N–H and O–H groups in total. The molecule has 0 spiro atoms. The first-order valence-corrected chi connectivity index (χ1v) is 10.3. The SMILES string of the molecule is Cc1ccc(-c2nc(SCC(=O)NCCN3C(=O)CSC3=S)n[nH]2)cc1. The summed E-state index contributed by atoms with van der Waals surface area (Å²) in [5.41, 5.74) is 2.12. The van der Waals surface area contributed by atoms with Crippen LogP contribution in [0.1, 0.15) is 5.56 Å². The summed E-state index contributed by atoms with van der Waals surface area (Å²) in [6, 6.07) is 7.96. The van der Waals surface area contributed by atoms with E-state index in [1.54, 1.807) is 0 Å². The highest BCUT2D eigenvalue weighted by molar-refractivity contribution is 8.23. The first kappa shape index (κ1) is 18.9. The van der Waals surface area contributed by atoms with Crippen molar-refractivity contribution >= 4 is 51.9 Å². The fourth-order valence-corrected chi connectivity index (χ4v) is 3.99. The monoisotopic (exact) mass is 407 g/mol. The van der Waals surface area contributed by atoms with Gasteiger partial charge in [0.15, 0.2) is 5.82 Å². The molecule has 1 aromatic heterocycles. The van der Waals surface area contributed by atoms with Crippen LogP contribution in [-0.4, -0.2) is 60.8 Å². The van der Waals surface area contributed by atoms with Crippen molar-refractivity contribution in [1.29, 1.82) is 0 Å². The number of benzene rings is 1. The maximum atomic E-state index is 11.9. The minimum absolute atomic E-state index is 0.00650. The third-order valence-electron chi connectivity index (χ3n) is 3.62. The standard InChI is InChI=1S/C16H17N5O2S3/c1-10-2-4-11(5-3-10)14-18-15(20-19-14)25-8-12(22)17-6-7-21-13(23)9-26-16(21)24/h2-5H,6-9H2,1H3,(H,17,22)(H,18,19,20). The van der Waals surface area contributed by atoms with E-state index in [0.717, 1.165) is 5.56 Å². The van der Waals surface area contributed by atoms with Crippen LogP contribution in [0.5, 0.6) is 0 Å². The van der Waals surface area contributed by atoms with E-state index in [0.29, 0.717) is 34.1 Å². The van der Waals surface area contributed by atoms with Gasteiger partial charge in [-0.1, -0.05) is 65.6 Å². The number of hydrogen-bond donors (Lipinski definition) is 2. The van der Waals surface area contributed by atoms with E-state index in [9.17, 15) is 9.59 Å². The van der Waals surface area contributed by atoms with E-state index >= 15 is 0 Å². The van der Waals surface area contributed by atoms with E-state index in [1.165, 1.54) is 34.0 Å². The van der Waals surface area contributed by atoms with E-state index in [-0.39, 0.29) is 17.6 Å². The number of aromatic amines is 1. The van der Waals surface area contributed by atoms with Gasteiger partial charge in [-0.2, -0.15) is 0 Å². The van der Waals surface area contributed by atoms with Crippen LogP contribution in [0, 0.1) is 6.92 Å². The van der Waals surface area contributed by atoms with E-state index in [1.807, 2.05) is 31.2 Å². The number of carbonyl (C=O) groups is 2. The smallest absolute Gasteiger partial charge is 0.238 e. The Labute approximate surface area is 164 Å². The molecule has 2 amide bonds. The summed E-state index contributed by atoms with van der Waals surface area (Å²) in [5, 5.41) is 10.3. The first-order chi connectivity index (χ1) is 12.5. The second-order valence-corrected chi connectivity index (χ2v) is 8.12. The highest BCUT2D eigenvalue weighted by Gasteiger charge is 2.25. The lowest BCUT2D eigenvalue weighted by Gasteiger charge is -2.14. The summed E-state index contributed by atoms with van der Waals surface area (Å²) >= 11 is 7.70. The van der Waals surface area contributed by atoms with Crippen LogP contribution in [-0.2, 0) is 9.59 Å². The van der Waals surface area contributed by atoms with Gasteiger partial charge in [0.25, 0.3) is 0 Å². The molecule has 7 nitrogen and oxygen atoms in total. The lowest BCUT2D eigenvalue weighted by atomic mass is 10.1. The van der Waals surface area contributed by atoms with Crippen molar-refractivity contribution in [3.8, 4) is 11.4 Å². The molecule has 2 aromatic rings. The van der Waals surface area contributed by atoms with E-state index in [2.05, 4.69) is 20.5 Å². The maximum Gasteiger partial charge on any atom is 0.238 e. The minimum atomic E-state index is -0.137. The van der Waals surface area contributed by atoms with Gasteiger partial charge in [0.1, 0.15) is 4.32 Å². The van der Waals surface area contributed by atoms with Gasteiger partial charge < -0.3 is 5.32 Å². The quantitative estimate of drug-likeness (QED) is 0.535. The summed E-state index contributed by atoms with van der Waals surface area (Å²) in [6.07, 6.45) is 0. The summed E-state index contributed by atoms with van der Waals surface area (Å²) in [4.78, 5) is 29.4. The Balaban J connectivity index is 1.42. The topological polar surface area (TPSA) is 91.0 Å². The highest BCUT2D eigenvalue weighted by atomic mass is 32.2. The third kappa shape index (κ3) is 4.83. The summed E-state index contributed by atoms with van der Waals surface area (Å²) in [5.74, 6) is 1.12. The van der Waals surface area contributed by atoms with Crippen LogP contribution < -0.4 is 5.32 Å². The lowest BCUT2D eigenvalue weighted by molar-refractivity contribution is -0.124. The molecule has 0 atom stereocenters. The zero-order chi connectivity index (χ0) is 18.5. The van der Waals surface area contributed by atoms with Crippen molar-refractivity contribution in [3.63, 3.8) is 0 Å². The predicted octanol–water partition coefficient (Wildman–Crippen LogP) is 1.85. The summed E-state index contributed by atoms with van der Waals surface area (Å²) < 4.78 is 0.572. The molecule has 0 bridgehead atoms. The number of amides is 2. The number of nitrogens with one attached hydrogen (secondary N) is 2. The molecule has 1 aliphatic rings. The molecule has 10 heteroatoms. The summed E-state index contributed by atoms with van der Waals surface area (Å²) in [6.45, 7) is 2.80. The Morgan fingerprint density at radius 1 is 1.42 bits per heavy atom. The number of nitrogens with zero attached hydrogens (tertiary/aromatic N) is 3. The average molecular weight is 408 g/mol. The highest BCUT2D eigenvalue weighted by Crippen LogP contribution is 2.20. The van der Waals surface area contributed by atoms with Crippen LogP contribution in [0.25, 0.3) is 11.4 Å². The van der Waals surface area contributed by atoms with E-state index < -0.39 is 0 Å². The van der Waals surface area contributed by atoms with Crippen LogP contribution >= 0.6 is 35.7 Å². The van der Waals surface area contributed by atoms with Crippen LogP contribution in [0.3, 0.4) is 0 Å². The van der Waals surface area contributed by atoms with Gasteiger partial charge in [0, 0.05) is 18.7 Å². The van der Waals surface area contributed by atoms with Crippen molar-refractivity contribution in [2.75, 3.05) is 24.6 Å². The van der Waals surface area contributed by atoms with Gasteiger partial charge in [-0.15, -0.1) is 5.10 Å². The second kappa shape index (κ2) is 8.65. The maximum absolute atomic E-state index is 11.9. The van der Waals surface area contributed by atoms with Crippen LogP contribution in [0.15, 0.2) is 29.4 Å². The molecular formula is C16H17N5O2S3. The molecule has 1 saturated heterocycles. The third-order valence-corrected chi connectivity index (χ3v) is 5.90. The van der Waals surface area contributed by atoms with Crippen molar-refractivity contribution in [1.82, 2.24) is 25.4 Å². The van der Waals surface area contributed by atoms with Gasteiger partial charge >= 0.3 is 0 Å². The van der Waals surface area contributed by atoms with Gasteiger partial charge in [-0.25, -0.2) is 4.98 Å². The zero-order valence-corrected chi connectivity index (χ0v) is 16.5. The Hall–Kier alpha value is -1.91. The molecule has 0 aliphatic carbocycles. The number of aryl methyl sites for hydroxylation is 1. The Bertz CT molecular complexity index is 806. The van der Waals surface area contributed by atoms with Gasteiger partial charge in [-0.3, -0.25) is 19.6 Å². The predicted molar refractivity (Wildman–Crippen MR) is 107 cm³/mol. The normalized spacial score (nSPS) is 14.1. The zero-order valence-electron chi connectivity index (χ0n) is 14.0. The number of carbonyl (C=O) groups excluding carboxylic acids is 2. The molecule has 1 fully saturated rings. The largest absolute Gasteiger partial charge is 0.354 e. The number of aromatic nitrogens is 3. The van der Waals surface area contributed by atoms with Crippen molar-refractivity contribution in [3.05, 3.63) is 29.8 Å². The molecular weight excluding hydrogens is 390 g/mol. The summed E-state index contributed by atoms with van der Waals surface area (Å²) in [7, 11) is 0. The van der Waals surface area contributed by atoms with Crippen LogP contribution in [0.2, 0.25) is 0 Å². The number of thiocarbonyl (C=S) groups is 1. The molecule has 2 heterocycles. The van der Waals surface area contributed by atoms with Gasteiger partial charge in [0.05, 0.1) is 11.5 Å². The molecule has 26 heavy (non-hydrogen) atoms. The molecule has 0 radical (unpaired) electrons. The Morgan fingerprint density at radius 3 is 2.88 bits per heavy atom. The van der Waals surface area contributed by atoms with Crippen molar-refractivity contribution < 1.29 is 9.59 Å². The lowest BCUT2D eigenvalue weighted by Crippen LogP contribution is -2.37. The number of H-pyrrole nitrogens is 1. The molecule has 1 aliphatic heterocycles. The fourth-order valence-electron chi connectivity index (χ4n) is 2.24. The molecule has 0 saturated carbocycles. The number of hydrogen-bond acceptors (Lipinski definition) is 7. The van der Waals surface area contributed by atoms with Crippen molar-refractivity contribution in [2.45, 2.75) is 12.1 Å². The second-order valence-electron chi connectivity index (χ2n) is 5.57. The number of rotatable bonds is 7. The molecule has 0 unspecified atom stereocenters. The van der Waals surface area contributed by atoms with E-state index in [4.69, 9.17) is 12.2 Å². The fraction of sp³-hybridized carbons (Fsp3) is 0.312. The van der Waals surface area contributed by atoms with Gasteiger partial charge in [-0.05, 0) is 6.92 Å². The van der Waals surface area contributed by atoms with Gasteiger partial charge in [0.2, 0.25) is 17.0 Å². The molecule has 3 rings (SSSR count). The van der Waals surface area contributed by atoms with Crippen molar-refractivity contribution in [2.24, 2.45) is 0 Å². The minimum Gasteiger partial charge on any atom is -0.354 e. The molecule has 136 valence electrons. The first-order valence-electron chi connectivity index (χ1n) is 7.89. The Kier molecular flexibility index (Phi) is 6.28. The van der Waals surface area contributed by atoms with Crippen LogP contribution in [0.4, 0.5) is 0 Å².